The Morgan fingerprint density at radius 1 is 1.23 bits per heavy atom. The SMILES string of the molecule is Cc1ccoc1C(=O)NC1CCN(Cc2ccccc2)CC1. The van der Waals surface area contributed by atoms with Crippen LogP contribution in [0.4, 0.5) is 0 Å². The second-order valence-electron chi connectivity index (χ2n) is 5.94. The highest BCUT2D eigenvalue weighted by Gasteiger charge is 2.22. The number of carbonyl (C=O) groups excluding carboxylic acids is 1. The van der Waals surface area contributed by atoms with Crippen molar-refractivity contribution in [3.05, 3.63) is 59.5 Å². The summed E-state index contributed by atoms with van der Waals surface area (Å²) in [5.41, 5.74) is 2.23. The third kappa shape index (κ3) is 3.57. The minimum absolute atomic E-state index is 0.0935. The number of carbonyl (C=O) groups is 1. The minimum atomic E-state index is -0.0935. The third-order valence-corrected chi connectivity index (χ3v) is 4.24. The van der Waals surface area contributed by atoms with Gasteiger partial charge in [-0.1, -0.05) is 30.3 Å². The molecule has 0 atom stereocenters. The molecular formula is C18H22N2O2. The fourth-order valence-electron chi connectivity index (χ4n) is 2.93. The van der Waals surface area contributed by atoms with Crippen LogP contribution in [-0.4, -0.2) is 29.9 Å². The number of amides is 1. The molecule has 1 aliphatic heterocycles. The van der Waals surface area contributed by atoms with Crippen molar-refractivity contribution < 1.29 is 9.21 Å². The van der Waals surface area contributed by atoms with Gasteiger partial charge in [0.1, 0.15) is 0 Å². The molecule has 1 aromatic heterocycles. The number of furan rings is 1. The molecule has 0 spiro atoms. The molecule has 1 amide bonds. The van der Waals surface area contributed by atoms with E-state index in [2.05, 4.69) is 34.5 Å². The quantitative estimate of drug-likeness (QED) is 0.944. The lowest BCUT2D eigenvalue weighted by atomic mass is 10.0. The summed E-state index contributed by atoms with van der Waals surface area (Å²) in [6.07, 6.45) is 3.53. The summed E-state index contributed by atoms with van der Waals surface area (Å²) < 4.78 is 5.25. The number of likely N-dealkylation sites (tertiary alicyclic amines) is 1. The number of benzene rings is 1. The Morgan fingerprint density at radius 2 is 1.95 bits per heavy atom. The molecule has 1 saturated heterocycles. The Bertz CT molecular complexity index is 613. The summed E-state index contributed by atoms with van der Waals surface area (Å²) in [5, 5.41) is 3.09. The molecule has 1 aromatic carbocycles. The smallest absolute Gasteiger partial charge is 0.287 e. The maximum atomic E-state index is 12.1. The first-order valence-corrected chi connectivity index (χ1v) is 7.83. The van der Waals surface area contributed by atoms with E-state index in [9.17, 15) is 4.79 Å². The van der Waals surface area contributed by atoms with Crippen LogP contribution >= 0.6 is 0 Å². The van der Waals surface area contributed by atoms with E-state index in [0.717, 1.165) is 38.0 Å². The van der Waals surface area contributed by atoms with Gasteiger partial charge >= 0.3 is 0 Å². The molecule has 2 aromatic rings. The summed E-state index contributed by atoms with van der Waals surface area (Å²) in [6, 6.07) is 12.6. The molecule has 22 heavy (non-hydrogen) atoms. The fraction of sp³-hybridized carbons (Fsp3) is 0.389. The molecule has 1 fully saturated rings. The van der Waals surface area contributed by atoms with Gasteiger partial charge in [0.05, 0.1) is 6.26 Å². The number of nitrogens with zero attached hydrogens (tertiary/aromatic N) is 1. The first kappa shape index (κ1) is 14.9. The number of hydrogen-bond donors (Lipinski definition) is 1. The summed E-state index contributed by atoms with van der Waals surface area (Å²) >= 11 is 0. The minimum Gasteiger partial charge on any atom is -0.459 e. The van der Waals surface area contributed by atoms with Crippen molar-refractivity contribution in [2.75, 3.05) is 13.1 Å². The fourth-order valence-corrected chi connectivity index (χ4v) is 2.93. The van der Waals surface area contributed by atoms with Crippen molar-refractivity contribution in [3.63, 3.8) is 0 Å². The normalized spacial score (nSPS) is 16.6. The Morgan fingerprint density at radius 3 is 2.59 bits per heavy atom. The molecule has 116 valence electrons. The van der Waals surface area contributed by atoms with E-state index in [1.165, 1.54) is 5.56 Å². The lowest BCUT2D eigenvalue weighted by molar-refractivity contribution is 0.0880. The van der Waals surface area contributed by atoms with Gasteiger partial charge in [-0.05, 0) is 31.4 Å². The van der Waals surface area contributed by atoms with Crippen molar-refractivity contribution >= 4 is 5.91 Å². The zero-order valence-electron chi connectivity index (χ0n) is 12.9. The monoisotopic (exact) mass is 298 g/mol. The van der Waals surface area contributed by atoms with E-state index in [4.69, 9.17) is 4.42 Å². The summed E-state index contributed by atoms with van der Waals surface area (Å²) in [7, 11) is 0. The maximum absolute atomic E-state index is 12.1. The van der Waals surface area contributed by atoms with Crippen LogP contribution in [0.5, 0.6) is 0 Å². The van der Waals surface area contributed by atoms with Crippen molar-refractivity contribution in [2.45, 2.75) is 32.4 Å². The Labute approximate surface area is 131 Å². The second-order valence-corrected chi connectivity index (χ2v) is 5.94. The highest BCUT2D eigenvalue weighted by molar-refractivity contribution is 5.92. The van der Waals surface area contributed by atoms with Gasteiger partial charge < -0.3 is 9.73 Å². The van der Waals surface area contributed by atoms with Crippen LogP contribution in [0.15, 0.2) is 47.1 Å². The predicted molar refractivity (Wildman–Crippen MR) is 85.7 cm³/mol. The molecule has 0 radical (unpaired) electrons. The van der Waals surface area contributed by atoms with Gasteiger partial charge in [-0.25, -0.2) is 0 Å². The number of hydrogen-bond acceptors (Lipinski definition) is 3. The van der Waals surface area contributed by atoms with Crippen molar-refractivity contribution in [3.8, 4) is 0 Å². The van der Waals surface area contributed by atoms with Crippen LogP contribution in [0.3, 0.4) is 0 Å². The van der Waals surface area contributed by atoms with Crippen LogP contribution in [0.25, 0.3) is 0 Å². The molecule has 4 nitrogen and oxygen atoms in total. The molecule has 0 aliphatic carbocycles. The number of nitrogens with one attached hydrogen (secondary N) is 1. The zero-order valence-corrected chi connectivity index (χ0v) is 12.9. The number of aryl methyl sites for hydroxylation is 1. The number of piperidine rings is 1. The first-order valence-electron chi connectivity index (χ1n) is 7.83. The highest BCUT2D eigenvalue weighted by Crippen LogP contribution is 2.15. The van der Waals surface area contributed by atoms with Crippen LogP contribution < -0.4 is 5.32 Å². The number of rotatable bonds is 4. The van der Waals surface area contributed by atoms with Crippen molar-refractivity contribution in [2.24, 2.45) is 0 Å². The molecule has 1 N–H and O–H groups in total. The highest BCUT2D eigenvalue weighted by atomic mass is 16.3. The predicted octanol–water partition coefficient (Wildman–Crippen LogP) is 2.98. The first-order chi connectivity index (χ1) is 10.7. The lowest BCUT2D eigenvalue weighted by Crippen LogP contribution is -2.44. The second kappa shape index (κ2) is 6.79. The van der Waals surface area contributed by atoms with Gasteiger partial charge in [0.15, 0.2) is 5.76 Å². The van der Waals surface area contributed by atoms with E-state index in [-0.39, 0.29) is 11.9 Å². The average Bonchev–Trinajstić information content (AvgIpc) is 2.96. The molecule has 0 unspecified atom stereocenters. The molecule has 0 bridgehead atoms. The molecule has 0 saturated carbocycles. The Hall–Kier alpha value is -2.07. The van der Waals surface area contributed by atoms with Gasteiger partial charge in [-0.3, -0.25) is 9.69 Å². The van der Waals surface area contributed by atoms with E-state index in [1.807, 2.05) is 19.1 Å². The third-order valence-electron chi connectivity index (χ3n) is 4.24. The van der Waals surface area contributed by atoms with Crippen LogP contribution in [0.2, 0.25) is 0 Å². The largest absolute Gasteiger partial charge is 0.459 e. The van der Waals surface area contributed by atoms with E-state index < -0.39 is 0 Å². The molecular weight excluding hydrogens is 276 g/mol. The van der Waals surface area contributed by atoms with Gasteiger partial charge in [0.25, 0.3) is 5.91 Å². The van der Waals surface area contributed by atoms with Gasteiger partial charge in [0, 0.05) is 31.2 Å². The Balaban J connectivity index is 1.48. The van der Waals surface area contributed by atoms with Crippen LogP contribution in [-0.2, 0) is 6.54 Å². The maximum Gasteiger partial charge on any atom is 0.287 e. The van der Waals surface area contributed by atoms with Gasteiger partial charge in [-0.15, -0.1) is 0 Å². The molecule has 4 heteroatoms. The summed E-state index contributed by atoms with van der Waals surface area (Å²) in [6.45, 7) is 4.90. The van der Waals surface area contributed by atoms with Crippen LogP contribution in [0, 0.1) is 6.92 Å². The van der Waals surface area contributed by atoms with Crippen molar-refractivity contribution in [1.82, 2.24) is 10.2 Å². The summed E-state index contributed by atoms with van der Waals surface area (Å²) in [5.74, 6) is 0.343. The molecule has 1 aliphatic rings. The molecule has 2 heterocycles. The van der Waals surface area contributed by atoms with Gasteiger partial charge in [0.2, 0.25) is 0 Å². The van der Waals surface area contributed by atoms with Crippen molar-refractivity contribution in [1.29, 1.82) is 0 Å². The van der Waals surface area contributed by atoms with E-state index in [0.29, 0.717) is 5.76 Å². The topological polar surface area (TPSA) is 45.5 Å². The summed E-state index contributed by atoms with van der Waals surface area (Å²) in [4.78, 5) is 14.6. The average molecular weight is 298 g/mol. The van der Waals surface area contributed by atoms with Gasteiger partial charge in [-0.2, -0.15) is 0 Å². The Kier molecular flexibility index (Phi) is 4.59. The zero-order chi connectivity index (χ0) is 15.4. The van der Waals surface area contributed by atoms with E-state index >= 15 is 0 Å². The molecule has 3 rings (SSSR count). The van der Waals surface area contributed by atoms with E-state index in [1.54, 1.807) is 6.26 Å². The van der Waals surface area contributed by atoms with Crippen LogP contribution in [0.1, 0.15) is 34.5 Å². The standard InChI is InChI=1S/C18H22N2O2/c1-14-9-12-22-17(14)18(21)19-16-7-10-20(11-8-16)13-15-5-3-2-4-6-15/h2-6,9,12,16H,7-8,10-11,13H2,1H3,(H,19,21). The lowest BCUT2D eigenvalue weighted by Gasteiger charge is -2.32.